The van der Waals surface area contributed by atoms with E-state index < -0.39 is 33.4 Å². The lowest BCUT2D eigenvalue weighted by molar-refractivity contribution is -0.384. The Balaban J connectivity index is 1.96. The van der Waals surface area contributed by atoms with Gasteiger partial charge < -0.3 is 10.2 Å². The van der Waals surface area contributed by atoms with Gasteiger partial charge in [0.25, 0.3) is 5.69 Å². The van der Waals surface area contributed by atoms with Crippen LogP contribution < -0.4 is 9.62 Å². The molecular formula is C25H30Cl2N4O6S. The molecule has 1 aliphatic carbocycles. The number of non-ortho nitro benzene ring substituents is 1. The van der Waals surface area contributed by atoms with Crippen LogP contribution in [0.2, 0.25) is 10.0 Å². The molecule has 38 heavy (non-hydrogen) atoms. The minimum Gasteiger partial charge on any atom is -0.352 e. The Kier molecular flexibility index (Phi) is 9.97. The first-order chi connectivity index (χ1) is 17.9. The Morgan fingerprint density at radius 3 is 2.39 bits per heavy atom. The van der Waals surface area contributed by atoms with Gasteiger partial charge in [-0.3, -0.25) is 24.0 Å². The summed E-state index contributed by atoms with van der Waals surface area (Å²) < 4.78 is 26.2. The summed E-state index contributed by atoms with van der Waals surface area (Å²) in [5.74, 6) is -0.976. The highest BCUT2D eigenvalue weighted by Gasteiger charge is 2.33. The molecule has 0 heterocycles. The summed E-state index contributed by atoms with van der Waals surface area (Å²) in [7, 11) is -4.02. The fourth-order valence-corrected chi connectivity index (χ4v) is 5.66. The molecule has 0 aliphatic heterocycles. The first-order valence-corrected chi connectivity index (χ1v) is 14.8. The normalized spacial score (nSPS) is 14.6. The molecule has 2 amide bonds. The molecule has 1 fully saturated rings. The molecule has 10 nitrogen and oxygen atoms in total. The lowest BCUT2D eigenvalue weighted by atomic mass is 10.1. The fraction of sp³-hybridized carbons (Fsp3) is 0.440. The molecule has 0 bridgehead atoms. The highest BCUT2D eigenvalue weighted by atomic mass is 35.5. The van der Waals surface area contributed by atoms with Gasteiger partial charge in [-0.1, -0.05) is 55.1 Å². The second kappa shape index (κ2) is 12.8. The molecule has 2 aromatic carbocycles. The molecule has 13 heteroatoms. The molecular weight excluding hydrogens is 555 g/mol. The molecule has 0 radical (unpaired) electrons. The highest BCUT2D eigenvalue weighted by molar-refractivity contribution is 7.92. The van der Waals surface area contributed by atoms with E-state index in [9.17, 15) is 28.1 Å². The summed E-state index contributed by atoms with van der Waals surface area (Å²) >= 11 is 12.2. The van der Waals surface area contributed by atoms with Crippen LogP contribution in [0.4, 0.5) is 11.4 Å². The van der Waals surface area contributed by atoms with Crippen molar-refractivity contribution in [1.29, 1.82) is 0 Å². The molecule has 0 aromatic heterocycles. The number of rotatable bonds is 11. The third-order valence-electron chi connectivity index (χ3n) is 6.43. The summed E-state index contributed by atoms with van der Waals surface area (Å²) in [6.45, 7) is 1.08. The van der Waals surface area contributed by atoms with Gasteiger partial charge in [0.2, 0.25) is 21.8 Å². The smallest absolute Gasteiger partial charge is 0.271 e. The number of hydrogen-bond donors (Lipinski definition) is 1. The van der Waals surface area contributed by atoms with E-state index in [1.807, 2.05) is 0 Å². The van der Waals surface area contributed by atoms with Crippen molar-refractivity contribution in [2.75, 3.05) is 17.1 Å². The largest absolute Gasteiger partial charge is 0.352 e. The van der Waals surface area contributed by atoms with E-state index in [1.54, 1.807) is 25.1 Å². The number of halogens is 2. The van der Waals surface area contributed by atoms with E-state index in [1.165, 1.54) is 23.1 Å². The van der Waals surface area contributed by atoms with Gasteiger partial charge in [-0.05, 0) is 43.0 Å². The molecule has 2 aromatic rings. The Labute approximate surface area is 232 Å². The van der Waals surface area contributed by atoms with Crippen molar-refractivity contribution in [1.82, 2.24) is 10.2 Å². The van der Waals surface area contributed by atoms with Crippen molar-refractivity contribution >= 4 is 56.4 Å². The quantitative estimate of drug-likeness (QED) is 0.305. The molecule has 1 saturated carbocycles. The number of nitro groups is 1. The van der Waals surface area contributed by atoms with E-state index in [2.05, 4.69) is 5.32 Å². The zero-order chi connectivity index (χ0) is 28.0. The van der Waals surface area contributed by atoms with Gasteiger partial charge in [-0.2, -0.15) is 0 Å². The van der Waals surface area contributed by atoms with Gasteiger partial charge in [0.1, 0.15) is 12.6 Å². The first kappa shape index (κ1) is 29.7. The van der Waals surface area contributed by atoms with Gasteiger partial charge in [-0.25, -0.2) is 8.42 Å². The van der Waals surface area contributed by atoms with E-state index >= 15 is 0 Å². The summed E-state index contributed by atoms with van der Waals surface area (Å²) in [6.07, 6.45) is 4.93. The number of nitro benzene ring substituents is 1. The minimum atomic E-state index is -4.02. The number of carbonyl (C=O) groups excluding carboxylic acids is 2. The van der Waals surface area contributed by atoms with Crippen molar-refractivity contribution in [3.63, 3.8) is 0 Å². The molecule has 1 N–H and O–H groups in total. The maximum absolute atomic E-state index is 13.7. The van der Waals surface area contributed by atoms with Crippen LogP contribution in [0.5, 0.6) is 0 Å². The maximum Gasteiger partial charge on any atom is 0.271 e. The maximum atomic E-state index is 13.7. The molecule has 3 rings (SSSR count). The van der Waals surface area contributed by atoms with Crippen LogP contribution in [0, 0.1) is 10.1 Å². The predicted octanol–water partition coefficient (Wildman–Crippen LogP) is 4.53. The standard InChI is InChI=1S/C25H30Cl2N4O6S/c1-3-23(25(33)28-18-7-4-5-8-18)29(15-17-11-12-21(26)22(27)13-17)24(32)16-30(38(2,36)37)19-9-6-10-20(14-19)31(34)35/h6,9-14,18,23H,3-5,7-8,15-16H2,1-2H3,(H,28,33)/t23-/m0/s1. The van der Waals surface area contributed by atoms with Crippen LogP contribution in [0.3, 0.4) is 0 Å². The molecule has 1 aliphatic rings. The molecule has 206 valence electrons. The van der Waals surface area contributed by atoms with Crippen LogP contribution >= 0.6 is 23.2 Å². The summed E-state index contributed by atoms with van der Waals surface area (Å²) in [5.41, 5.74) is 0.243. The van der Waals surface area contributed by atoms with Crippen LogP contribution in [0.15, 0.2) is 42.5 Å². The number of amides is 2. The fourth-order valence-electron chi connectivity index (χ4n) is 4.50. The van der Waals surface area contributed by atoms with Gasteiger partial charge in [0, 0.05) is 24.7 Å². The number of sulfonamides is 1. The number of nitrogens with one attached hydrogen (secondary N) is 1. The number of benzene rings is 2. The van der Waals surface area contributed by atoms with Gasteiger partial charge in [-0.15, -0.1) is 0 Å². The average molecular weight is 586 g/mol. The van der Waals surface area contributed by atoms with E-state index in [4.69, 9.17) is 23.2 Å². The average Bonchev–Trinajstić information content (AvgIpc) is 3.36. The number of hydrogen-bond acceptors (Lipinski definition) is 6. The van der Waals surface area contributed by atoms with E-state index in [-0.39, 0.29) is 41.3 Å². The van der Waals surface area contributed by atoms with Crippen molar-refractivity contribution in [2.24, 2.45) is 0 Å². The van der Waals surface area contributed by atoms with Crippen LogP contribution in [-0.2, 0) is 26.2 Å². The van der Waals surface area contributed by atoms with E-state index in [0.717, 1.165) is 42.3 Å². The molecule has 0 saturated heterocycles. The van der Waals surface area contributed by atoms with Crippen molar-refractivity contribution in [3.8, 4) is 0 Å². The highest BCUT2D eigenvalue weighted by Crippen LogP contribution is 2.26. The van der Waals surface area contributed by atoms with Crippen LogP contribution in [0.1, 0.15) is 44.6 Å². The number of nitrogens with zero attached hydrogens (tertiary/aromatic N) is 3. The molecule has 0 spiro atoms. The van der Waals surface area contributed by atoms with Gasteiger partial charge >= 0.3 is 0 Å². The Hall–Kier alpha value is -2.89. The second-order valence-corrected chi connectivity index (χ2v) is 12.0. The Morgan fingerprint density at radius 1 is 1.13 bits per heavy atom. The van der Waals surface area contributed by atoms with Crippen molar-refractivity contribution in [2.45, 2.75) is 57.7 Å². The summed E-state index contributed by atoms with van der Waals surface area (Å²) in [4.78, 5) is 39.0. The van der Waals surface area contributed by atoms with Gasteiger partial charge in [0.15, 0.2) is 0 Å². The molecule has 1 atom stereocenters. The van der Waals surface area contributed by atoms with Crippen LogP contribution in [-0.4, -0.2) is 54.9 Å². The zero-order valence-electron chi connectivity index (χ0n) is 21.1. The topological polar surface area (TPSA) is 130 Å². The third kappa shape index (κ3) is 7.58. The monoisotopic (exact) mass is 584 g/mol. The lowest BCUT2D eigenvalue weighted by Gasteiger charge is -2.33. The van der Waals surface area contributed by atoms with Crippen molar-refractivity contribution in [3.05, 3.63) is 68.2 Å². The third-order valence-corrected chi connectivity index (χ3v) is 8.31. The lowest BCUT2D eigenvalue weighted by Crippen LogP contribution is -2.53. The van der Waals surface area contributed by atoms with Crippen LogP contribution in [0.25, 0.3) is 0 Å². The molecule has 0 unspecified atom stereocenters. The predicted molar refractivity (Wildman–Crippen MR) is 147 cm³/mol. The summed E-state index contributed by atoms with van der Waals surface area (Å²) in [6, 6.07) is 8.99. The number of anilines is 1. The number of carbonyl (C=O) groups is 2. The summed E-state index contributed by atoms with van der Waals surface area (Å²) in [5, 5.41) is 14.9. The Bertz CT molecular complexity index is 1300. The SMILES string of the molecule is CC[C@@H](C(=O)NC1CCCC1)N(Cc1ccc(Cl)c(Cl)c1)C(=O)CN(c1cccc([N+](=O)[O-])c1)S(C)(=O)=O. The first-order valence-electron chi connectivity index (χ1n) is 12.2. The van der Waals surface area contributed by atoms with E-state index in [0.29, 0.717) is 10.6 Å². The minimum absolute atomic E-state index is 0.0239. The Morgan fingerprint density at radius 2 is 1.82 bits per heavy atom. The van der Waals surface area contributed by atoms with Crippen molar-refractivity contribution < 1.29 is 22.9 Å². The van der Waals surface area contributed by atoms with Gasteiger partial charge in [0.05, 0.1) is 26.9 Å². The second-order valence-electron chi connectivity index (χ2n) is 9.23. The zero-order valence-corrected chi connectivity index (χ0v) is 23.4.